The fourth-order valence-electron chi connectivity index (χ4n) is 2.99. The predicted octanol–water partition coefficient (Wildman–Crippen LogP) is 3.12. The van der Waals surface area contributed by atoms with Crippen molar-refractivity contribution in [3.63, 3.8) is 0 Å². The van der Waals surface area contributed by atoms with Gasteiger partial charge in [0.05, 0.1) is 0 Å². The minimum Gasteiger partial charge on any atom is -0.368 e. The summed E-state index contributed by atoms with van der Waals surface area (Å²) in [5.74, 6) is 0. The molecule has 0 unspecified atom stereocenters. The van der Waals surface area contributed by atoms with Crippen LogP contribution in [0.5, 0.6) is 0 Å². The number of halogens is 1. The Morgan fingerprint density at radius 3 is 2.71 bits per heavy atom. The number of benzene rings is 1. The first kappa shape index (κ1) is 15.1. The van der Waals surface area contributed by atoms with E-state index in [0.29, 0.717) is 0 Å². The van der Waals surface area contributed by atoms with Crippen LogP contribution in [-0.2, 0) is 6.54 Å². The smallest absolute Gasteiger partial charge is 0.0413 e. The number of hydrogen-bond donors (Lipinski definition) is 1. The number of anilines is 1. The van der Waals surface area contributed by atoms with Gasteiger partial charge in [-0.05, 0) is 57.5 Å². The zero-order valence-corrected chi connectivity index (χ0v) is 14.1. The average molecular weight is 308 g/mol. The molecular formula is C17H26ClN3. The second-order valence-corrected chi connectivity index (χ2v) is 7.52. The maximum absolute atomic E-state index is 6.21. The maximum Gasteiger partial charge on any atom is 0.0413 e. The normalized spacial score (nSPS) is 22.6. The van der Waals surface area contributed by atoms with Crippen molar-refractivity contribution in [2.75, 3.05) is 31.6 Å². The van der Waals surface area contributed by atoms with Crippen molar-refractivity contribution >= 4 is 17.3 Å². The predicted molar refractivity (Wildman–Crippen MR) is 90.2 cm³/mol. The van der Waals surface area contributed by atoms with E-state index in [1.807, 2.05) is 6.07 Å². The van der Waals surface area contributed by atoms with Gasteiger partial charge < -0.3 is 10.2 Å². The van der Waals surface area contributed by atoms with Crippen molar-refractivity contribution in [1.82, 2.24) is 10.2 Å². The Kier molecular flexibility index (Phi) is 4.17. The largest absolute Gasteiger partial charge is 0.368 e. The Balaban J connectivity index is 1.79. The van der Waals surface area contributed by atoms with E-state index in [2.05, 4.69) is 48.1 Å². The minimum atomic E-state index is 0.207. The summed E-state index contributed by atoms with van der Waals surface area (Å²) in [6.07, 6.45) is 2.63. The van der Waals surface area contributed by atoms with E-state index in [4.69, 9.17) is 11.6 Å². The lowest BCUT2D eigenvalue weighted by atomic mass is 9.98. The van der Waals surface area contributed by atoms with Gasteiger partial charge in [0.1, 0.15) is 0 Å². The van der Waals surface area contributed by atoms with Crippen molar-refractivity contribution in [3.8, 4) is 0 Å². The molecule has 1 heterocycles. The molecule has 1 saturated carbocycles. The van der Waals surface area contributed by atoms with Gasteiger partial charge in [0.2, 0.25) is 0 Å². The lowest BCUT2D eigenvalue weighted by Crippen LogP contribution is -2.57. The molecule has 1 aliphatic carbocycles. The number of likely N-dealkylation sites (N-methyl/N-ethyl adjacent to an activating group) is 1. The van der Waals surface area contributed by atoms with E-state index < -0.39 is 0 Å². The molecule has 3 rings (SSSR count). The van der Waals surface area contributed by atoms with Crippen molar-refractivity contribution in [2.45, 2.75) is 44.8 Å². The molecule has 1 N–H and O–H groups in total. The summed E-state index contributed by atoms with van der Waals surface area (Å²) in [6.45, 7) is 8.80. The molecule has 1 aromatic rings. The first-order valence-electron chi connectivity index (χ1n) is 7.94. The molecule has 0 bridgehead atoms. The Bertz CT molecular complexity index is 511. The van der Waals surface area contributed by atoms with Gasteiger partial charge in [-0.15, -0.1) is 0 Å². The lowest BCUT2D eigenvalue weighted by Gasteiger charge is -2.46. The molecule has 3 nitrogen and oxygen atoms in total. The van der Waals surface area contributed by atoms with Crippen molar-refractivity contribution in [1.29, 1.82) is 0 Å². The highest BCUT2D eigenvalue weighted by Crippen LogP contribution is 2.30. The molecule has 0 atom stereocenters. The van der Waals surface area contributed by atoms with E-state index in [-0.39, 0.29) is 5.54 Å². The maximum atomic E-state index is 6.21. The third kappa shape index (κ3) is 3.53. The number of nitrogens with one attached hydrogen (secondary N) is 1. The Hall–Kier alpha value is -0.770. The van der Waals surface area contributed by atoms with Crippen LogP contribution in [-0.4, -0.2) is 43.2 Å². The van der Waals surface area contributed by atoms with Crippen LogP contribution in [0.2, 0.25) is 5.02 Å². The van der Waals surface area contributed by atoms with Gasteiger partial charge in [-0.3, -0.25) is 4.90 Å². The highest BCUT2D eigenvalue weighted by molar-refractivity contribution is 6.30. The molecule has 116 valence electrons. The van der Waals surface area contributed by atoms with Crippen LogP contribution in [0.1, 0.15) is 32.3 Å². The third-order valence-electron chi connectivity index (χ3n) is 4.86. The second-order valence-electron chi connectivity index (χ2n) is 7.08. The summed E-state index contributed by atoms with van der Waals surface area (Å²) in [6, 6.07) is 7.05. The number of nitrogens with zero attached hydrogens (tertiary/aromatic N) is 2. The molecule has 0 aromatic heterocycles. The standard InChI is InChI=1S/C17H26ClN3/c1-17(2)12-21(9-8-20(17)3)16-7-4-14(18)10-13(16)11-19-15-5-6-15/h4,7,10,15,19H,5-6,8-9,11-12H2,1-3H3. The number of piperazine rings is 1. The van der Waals surface area contributed by atoms with Crippen LogP contribution < -0.4 is 10.2 Å². The van der Waals surface area contributed by atoms with E-state index >= 15 is 0 Å². The summed E-state index contributed by atoms with van der Waals surface area (Å²) in [5, 5.41) is 4.45. The van der Waals surface area contributed by atoms with Crippen LogP contribution >= 0.6 is 11.6 Å². The first-order chi connectivity index (χ1) is 9.95. The summed E-state index contributed by atoms with van der Waals surface area (Å²) in [7, 11) is 2.22. The summed E-state index contributed by atoms with van der Waals surface area (Å²) in [4.78, 5) is 4.96. The van der Waals surface area contributed by atoms with Gasteiger partial charge >= 0.3 is 0 Å². The molecule has 1 saturated heterocycles. The first-order valence-corrected chi connectivity index (χ1v) is 8.31. The average Bonchev–Trinajstić information content (AvgIpc) is 3.24. The van der Waals surface area contributed by atoms with Crippen LogP contribution in [0.3, 0.4) is 0 Å². The molecule has 1 aromatic carbocycles. The fourth-order valence-corrected chi connectivity index (χ4v) is 3.19. The molecule has 2 fully saturated rings. The summed E-state index contributed by atoms with van der Waals surface area (Å²) >= 11 is 6.21. The van der Waals surface area contributed by atoms with E-state index in [1.165, 1.54) is 24.1 Å². The van der Waals surface area contributed by atoms with E-state index in [0.717, 1.165) is 37.2 Å². The molecule has 0 spiro atoms. The van der Waals surface area contributed by atoms with E-state index in [9.17, 15) is 0 Å². The van der Waals surface area contributed by atoms with Gasteiger partial charge in [-0.1, -0.05) is 11.6 Å². The number of hydrogen-bond acceptors (Lipinski definition) is 3. The Morgan fingerprint density at radius 1 is 1.29 bits per heavy atom. The summed E-state index contributed by atoms with van der Waals surface area (Å²) in [5.41, 5.74) is 2.88. The topological polar surface area (TPSA) is 18.5 Å². The molecule has 0 radical (unpaired) electrons. The van der Waals surface area contributed by atoms with Gasteiger partial charge in [-0.2, -0.15) is 0 Å². The van der Waals surface area contributed by atoms with Crippen LogP contribution in [0.25, 0.3) is 0 Å². The molecule has 4 heteroatoms. The van der Waals surface area contributed by atoms with Crippen molar-refractivity contribution in [3.05, 3.63) is 28.8 Å². The fraction of sp³-hybridized carbons (Fsp3) is 0.647. The van der Waals surface area contributed by atoms with E-state index in [1.54, 1.807) is 0 Å². The quantitative estimate of drug-likeness (QED) is 0.922. The molecule has 1 aliphatic heterocycles. The lowest BCUT2D eigenvalue weighted by molar-refractivity contribution is 0.139. The molecule has 2 aliphatic rings. The molecule has 21 heavy (non-hydrogen) atoms. The Morgan fingerprint density at radius 2 is 2.05 bits per heavy atom. The van der Waals surface area contributed by atoms with Crippen LogP contribution in [0.4, 0.5) is 5.69 Å². The zero-order valence-electron chi connectivity index (χ0n) is 13.3. The highest BCUT2D eigenvalue weighted by Gasteiger charge is 2.32. The van der Waals surface area contributed by atoms with Crippen molar-refractivity contribution in [2.24, 2.45) is 0 Å². The summed E-state index contributed by atoms with van der Waals surface area (Å²) < 4.78 is 0. The minimum absolute atomic E-state index is 0.207. The highest BCUT2D eigenvalue weighted by atomic mass is 35.5. The van der Waals surface area contributed by atoms with Crippen LogP contribution in [0.15, 0.2) is 18.2 Å². The molecule has 0 amide bonds. The number of rotatable bonds is 4. The third-order valence-corrected chi connectivity index (χ3v) is 5.09. The Labute approximate surface area is 133 Å². The van der Waals surface area contributed by atoms with Gasteiger partial charge in [-0.25, -0.2) is 0 Å². The van der Waals surface area contributed by atoms with Crippen molar-refractivity contribution < 1.29 is 0 Å². The van der Waals surface area contributed by atoms with Gasteiger partial charge in [0.25, 0.3) is 0 Å². The van der Waals surface area contributed by atoms with Gasteiger partial charge in [0, 0.05) is 48.5 Å². The molecular weight excluding hydrogens is 282 g/mol. The van der Waals surface area contributed by atoms with Crippen LogP contribution in [0, 0.1) is 0 Å². The zero-order chi connectivity index (χ0) is 15.0. The SMILES string of the molecule is CN1CCN(c2ccc(Cl)cc2CNC2CC2)CC1(C)C. The monoisotopic (exact) mass is 307 g/mol. The van der Waals surface area contributed by atoms with Gasteiger partial charge in [0.15, 0.2) is 0 Å². The second kappa shape index (κ2) is 5.79.